The molecule has 5 N–H and O–H groups in total. The van der Waals surface area contributed by atoms with E-state index in [1.54, 1.807) is 18.2 Å². The maximum atomic E-state index is 12.3. The number of carboxylic acids is 2. The molecule has 2 aliphatic carbocycles. The van der Waals surface area contributed by atoms with Crippen molar-refractivity contribution in [2.45, 2.75) is 18.0 Å². The molecule has 0 bridgehead atoms. The van der Waals surface area contributed by atoms with Crippen molar-refractivity contribution in [3.05, 3.63) is 34.9 Å². The number of fused-ring (bicyclic) bond motifs is 1. The molecule has 3 rings (SSSR count). The van der Waals surface area contributed by atoms with Crippen LogP contribution in [0.25, 0.3) is 0 Å². The van der Waals surface area contributed by atoms with Crippen LogP contribution in [0.5, 0.6) is 0 Å². The zero-order valence-corrected chi connectivity index (χ0v) is 12.7. The lowest BCUT2D eigenvalue weighted by atomic mass is 9.90. The Bertz CT molecular complexity index is 709. The van der Waals surface area contributed by atoms with Crippen LogP contribution in [0, 0.1) is 17.8 Å². The maximum Gasteiger partial charge on any atom is 0.324 e. The van der Waals surface area contributed by atoms with Crippen LogP contribution < -0.4 is 11.1 Å². The van der Waals surface area contributed by atoms with Crippen molar-refractivity contribution in [1.29, 1.82) is 0 Å². The summed E-state index contributed by atoms with van der Waals surface area (Å²) in [5.74, 6) is -4.72. The van der Waals surface area contributed by atoms with Crippen molar-refractivity contribution in [2.24, 2.45) is 23.5 Å². The predicted molar refractivity (Wildman–Crippen MR) is 80.0 cm³/mol. The predicted octanol–water partition coefficient (Wildman–Crippen LogP) is 0.571. The Kier molecular flexibility index (Phi) is 3.57. The van der Waals surface area contributed by atoms with E-state index in [9.17, 15) is 24.6 Å². The van der Waals surface area contributed by atoms with E-state index in [1.165, 1.54) is 6.07 Å². The lowest BCUT2D eigenvalue weighted by Crippen LogP contribution is -2.52. The van der Waals surface area contributed by atoms with Gasteiger partial charge >= 0.3 is 11.9 Å². The van der Waals surface area contributed by atoms with Gasteiger partial charge in [0, 0.05) is 22.5 Å². The van der Waals surface area contributed by atoms with Gasteiger partial charge in [-0.3, -0.25) is 14.4 Å². The zero-order chi connectivity index (χ0) is 16.9. The molecule has 0 spiro atoms. The molecule has 0 heterocycles. The molecule has 1 amide bonds. The Morgan fingerprint density at radius 1 is 1.30 bits per heavy atom. The van der Waals surface area contributed by atoms with E-state index in [1.807, 2.05) is 0 Å². The number of amides is 1. The first-order chi connectivity index (χ1) is 10.8. The molecule has 0 radical (unpaired) electrons. The summed E-state index contributed by atoms with van der Waals surface area (Å²) in [6, 6.07) is 5.71. The molecule has 0 aromatic heterocycles. The number of nitrogens with two attached hydrogens (primary N) is 1. The van der Waals surface area contributed by atoms with Crippen molar-refractivity contribution in [1.82, 2.24) is 5.32 Å². The van der Waals surface area contributed by atoms with E-state index in [0.717, 1.165) is 0 Å². The molecule has 23 heavy (non-hydrogen) atoms. The molecule has 8 heteroatoms. The van der Waals surface area contributed by atoms with Crippen LogP contribution >= 0.6 is 11.6 Å². The van der Waals surface area contributed by atoms with Gasteiger partial charge in [-0.2, -0.15) is 0 Å². The highest BCUT2D eigenvalue weighted by molar-refractivity contribution is 6.30. The molecule has 0 unspecified atom stereocenters. The van der Waals surface area contributed by atoms with Crippen molar-refractivity contribution in [3.8, 4) is 0 Å². The molecule has 0 aliphatic heterocycles. The first kappa shape index (κ1) is 15.8. The summed E-state index contributed by atoms with van der Waals surface area (Å²) in [7, 11) is 0. The third-order valence-corrected chi connectivity index (χ3v) is 5.01. The van der Waals surface area contributed by atoms with Crippen LogP contribution in [0.2, 0.25) is 5.02 Å². The second-order valence-electron chi connectivity index (χ2n) is 6.11. The highest BCUT2D eigenvalue weighted by atomic mass is 35.5. The normalized spacial score (nSPS) is 34.5. The highest BCUT2D eigenvalue weighted by Gasteiger charge is 2.74. The van der Waals surface area contributed by atoms with Gasteiger partial charge in [0.25, 0.3) is 5.91 Å². The minimum Gasteiger partial charge on any atom is -0.481 e. The molecule has 1 aromatic rings. The van der Waals surface area contributed by atoms with Crippen molar-refractivity contribution in [3.63, 3.8) is 0 Å². The summed E-state index contributed by atoms with van der Waals surface area (Å²) in [5, 5.41) is 21.6. The van der Waals surface area contributed by atoms with Gasteiger partial charge in [-0.15, -0.1) is 0 Å². The highest BCUT2D eigenvalue weighted by Crippen LogP contribution is 2.61. The fourth-order valence-electron chi connectivity index (χ4n) is 3.71. The Hall–Kier alpha value is -2.12. The third kappa shape index (κ3) is 2.46. The number of carboxylic acid groups (broad SMARTS) is 2. The Balaban J connectivity index is 1.80. The number of carbonyl (C=O) groups excluding carboxylic acids is 1. The lowest BCUT2D eigenvalue weighted by Gasteiger charge is -2.25. The molecule has 122 valence electrons. The van der Waals surface area contributed by atoms with Crippen LogP contribution in [0.15, 0.2) is 24.3 Å². The van der Waals surface area contributed by atoms with Crippen LogP contribution in [0.3, 0.4) is 0 Å². The summed E-state index contributed by atoms with van der Waals surface area (Å²) in [4.78, 5) is 34.9. The second kappa shape index (κ2) is 5.21. The maximum absolute atomic E-state index is 12.3. The van der Waals surface area contributed by atoms with Crippen molar-refractivity contribution in [2.75, 3.05) is 0 Å². The Labute approximate surface area is 136 Å². The van der Waals surface area contributed by atoms with Gasteiger partial charge in [0.2, 0.25) is 0 Å². The van der Waals surface area contributed by atoms with E-state index in [4.69, 9.17) is 17.3 Å². The molecular weight excluding hydrogens is 324 g/mol. The van der Waals surface area contributed by atoms with Gasteiger partial charge in [0.15, 0.2) is 0 Å². The third-order valence-electron chi connectivity index (χ3n) is 4.78. The van der Waals surface area contributed by atoms with Gasteiger partial charge < -0.3 is 21.3 Å². The first-order valence-corrected chi connectivity index (χ1v) is 7.45. The molecule has 2 saturated carbocycles. The van der Waals surface area contributed by atoms with Crippen LogP contribution in [0.1, 0.15) is 16.8 Å². The fourth-order valence-corrected chi connectivity index (χ4v) is 3.90. The average molecular weight is 339 g/mol. The molecule has 2 aliphatic rings. The molecule has 1 aromatic carbocycles. The number of rotatable bonds is 4. The van der Waals surface area contributed by atoms with E-state index < -0.39 is 47.2 Å². The number of aliphatic carboxylic acids is 2. The van der Waals surface area contributed by atoms with Gasteiger partial charge in [0.1, 0.15) is 5.54 Å². The standard InChI is InChI=1S/C15H15ClN2O5/c16-7-3-1-2-6(4-7)12(19)18-8-5-15(17,14(22)23)11-9(8)10(11)13(20)21/h1-4,8-11H,5,17H2,(H,18,19)(H,20,21)(H,22,23)/t8-,9-,10-,11-,15-/m0/s1. The van der Waals surface area contributed by atoms with Gasteiger partial charge in [-0.1, -0.05) is 17.7 Å². The minimum atomic E-state index is -1.62. The molecule has 2 fully saturated rings. The monoisotopic (exact) mass is 338 g/mol. The van der Waals surface area contributed by atoms with Crippen LogP contribution in [-0.4, -0.2) is 39.6 Å². The van der Waals surface area contributed by atoms with Crippen LogP contribution in [0.4, 0.5) is 0 Å². The minimum absolute atomic E-state index is 0.00769. The number of halogens is 1. The van der Waals surface area contributed by atoms with Crippen molar-refractivity contribution < 1.29 is 24.6 Å². The van der Waals surface area contributed by atoms with Crippen molar-refractivity contribution >= 4 is 29.4 Å². The summed E-state index contributed by atoms with van der Waals surface area (Å²) in [6.07, 6.45) is 0.00769. The van der Waals surface area contributed by atoms with Crippen LogP contribution in [-0.2, 0) is 9.59 Å². The van der Waals surface area contributed by atoms with Gasteiger partial charge in [-0.25, -0.2) is 0 Å². The Morgan fingerprint density at radius 2 is 2.00 bits per heavy atom. The Morgan fingerprint density at radius 3 is 2.57 bits per heavy atom. The number of benzene rings is 1. The molecule has 7 nitrogen and oxygen atoms in total. The fraction of sp³-hybridized carbons (Fsp3) is 0.400. The number of nitrogens with one attached hydrogen (secondary N) is 1. The second-order valence-corrected chi connectivity index (χ2v) is 6.54. The van der Waals surface area contributed by atoms with E-state index >= 15 is 0 Å². The van der Waals surface area contributed by atoms with E-state index in [0.29, 0.717) is 10.6 Å². The summed E-state index contributed by atoms with van der Waals surface area (Å²) >= 11 is 5.84. The topological polar surface area (TPSA) is 130 Å². The largest absolute Gasteiger partial charge is 0.481 e. The van der Waals surface area contributed by atoms with E-state index in [-0.39, 0.29) is 6.42 Å². The quantitative estimate of drug-likeness (QED) is 0.635. The molecular formula is C15H15ClN2O5. The van der Waals surface area contributed by atoms with Gasteiger partial charge in [-0.05, 0) is 30.5 Å². The first-order valence-electron chi connectivity index (χ1n) is 7.07. The lowest BCUT2D eigenvalue weighted by molar-refractivity contribution is -0.145. The van der Waals surface area contributed by atoms with Gasteiger partial charge in [0.05, 0.1) is 5.92 Å². The smallest absolute Gasteiger partial charge is 0.324 e. The molecule has 5 atom stereocenters. The SMILES string of the molecule is N[C@@]1(C(=O)O)C[C@H](NC(=O)c2cccc(Cl)c2)[C@H]2[C@H](C(=O)O)[C@H]21. The number of hydrogen-bond acceptors (Lipinski definition) is 4. The zero-order valence-electron chi connectivity index (χ0n) is 11.9. The average Bonchev–Trinajstić information content (AvgIpc) is 3.16. The number of hydrogen-bond donors (Lipinski definition) is 4. The number of carbonyl (C=O) groups is 3. The summed E-state index contributed by atoms with van der Waals surface area (Å²) < 4.78 is 0. The summed E-state index contributed by atoms with van der Waals surface area (Å²) in [6.45, 7) is 0. The summed E-state index contributed by atoms with van der Waals surface area (Å²) in [5.41, 5.74) is 4.61. The molecule has 0 saturated heterocycles. The van der Waals surface area contributed by atoms with E-state index in [2.05, 4.69) is 5.32 Å².